The van der Waals surface area contributed by atoms with Gasteiger partial charge in [0.2, 0.25) is 0 Å². The van der Waals surface area contributed by atoms with Crippen molar-refractivity contribution in [2.75, 3.05) is 13.1 Å². The summed E-state index contributed by atoms with van der Waals surface area (Å²) in [5, 5.41) is 3.37. The lowest BCUT2D eigenvalue weighted by Gasteiger charge is -2.31. The Morgan fingerprint density at radius 2 is 2.18 bits per heavy atom. The number of hydrogen-bond donors (Lipinski definition) is 2. The third kappa shape index (κ3) is 2.82. The number of nitrogens with two attached hydrogens (primary N) is 1. The van der Waals surface area contributed by atoms with Crippen molar-refractivity contribution < 1.29 is 8.78 Å². The van der Waals surface area contributed by atoms with Gasteiger partial charge in [0, 0.05) is 24.6 Å². The summed E-state index contributed by atoms with van der Waals surface area (Å²) in [6.45, 7) is 1.32. The molecule has 0 radical (unpaired) electrons. The fraction of sp³-hybridized carbons (Fsp3) is 0.538. The fourth-order valence-electron chi connectivity index (χ4n) is 2.53. The largest absolute Gasteiger partial charge is 0.330 e. The molecule has 1 aromatic carbocycles. The van der Waals surface area contributed by atoms with Crippen molar-refractivity contribution in [3.63, 3.8) is 0 Å². The van der Waals surface area contributed by atoms with Crippen LogP contribution in [0, 0.1) is 11.6 Å². The van der Waals surface area contributed by atoms with Crippen LogP contribution in [0.15, 0.2) is 18.2 Å². The maximum absolute atomic E-state index is 13.7. The average Bonchev–Trinajstić information content (AvgIpc) is 2.34. The first-order valence-corrected chi connectivity index (χ1v) is 6.10. The Hall–Kier alpha value is -1.00. The molecule has 1 saturated heterocycles. The minimum atomic E-state index is -0.543. The van der Waals surface area contributed by atoms with E-state index >= 15 is 0 Å². The van der Waals surface area contributed by atoms with Crippen LogP contribution < -0.4 is 11.1 Å². The minimum absolute atomic E-state index is 0.0732. The second-order valence-electron chi connectivity index (χ2n) is 4.56. The van der Waals surface area contributed by atoms with Gasteiger partial charge in [-0.25, -0.2) is 8.78 Å². The van der Waals surface area contributed by atoms with E-state index in [1.807, 2.05) is 0 Å². The second kappa shape index (κ2) is 5.56. The molecule has 17 heavy (non-hydrogen) atoms. The number of nitrogens with one attached hydrogen (secondary N) is 1. The molecule has 2 atom stereocenters. The molecule has 3 N–H and O–H groups in total. The molecule has 0 amide bonds. The SMILES string of the molecule is NCC(c1ccc(F)cc1F)C1CCCCN1. The van der Waals surface area contributed by atoms with Crippen molar-refractivity contribution in [2.24, 2.45) is 5.73 Å². The van der Waals surface area contributed by atoms with Crippen molar-refractivity contribution in [1.29, 1.82) is 0 Å². The summed E-state index contributed by atoms with van der Waals surface area (Å²) in [6, 6.07) is 3.94. The number of rotatable bonds is 3. The Kier molecular flexibility index (Phi) is 4.07. The topological polar surface area (TPSA) is 38.0 Å². The fourth-order valence-corrected chi connectivity index (χ4v) is 2.53. The third-order valence-corrected chi connectivity index (χ3v) is 3.45. The molecule has 1 fully saturated rings. The predicted octanol–water partition coefficient (Wildman–Crippen LogP) is 2.15. The summed E-state index contributed by atoms with van der Waals surface area (Å²) in [4.78, 5) is 0. The quantitative estimate of drug-likeness (QED) is 0.849. The van der Waals surface area contributed by atoms with Crippen LogP contribution in [-0.2, 0) is 0 Å². The van der Waals surface area contributed by atoms with Crippen molar-refractivity contribution in [3.8, 4) is 0 Å². The first-order chi connectivity index (χ1) is 8.22. The van der Waals surface area contributed by atoms with Gasteiger partial charge < -0.3 is 11.1 Å². The lowest BCUT2D eigenvalue weighted by molar-refractivity contribution is 0.346. The van der Waals surface area contributed by atoms with Gasteiger partial charge in [-0.05, 0) is 31.0 Å². The molecule has 1 heterocycles. The van der Waals surface area contributed by atoms with Crippen LogP contribution in [-0.4, -0.2) is 19.1 Å². The van der Waals surface area contributed by atoms with E-state index in [-0.39, 0.29) is 12.0 Å². The lowest BCUT2D eigenvalue weighted by atomic mass is 9.86. The highest BCUT2D eigenvalue weighted by molar-refractivity contribution is 5.25. The molecule has 2 nitrogen and oxygen atoms in total. The zero-order chi connectivity index (χ0) is 12.3. The van der Waals surface area contributed by atoms with Gasteiger partial charge in [-0.15, -0.1) is 0 Å². The molecule has 2 rings (SSSR count). The van der Waals surface area contributed by atoms with Crippen LogP contribution in [0.4, 0.5) is 8.78 Å². The zero-order valence-electron chi connectivity index (χ0n) is 9.76. The monoisotopic (exact) mass is 240 g/mol. The summed E-state index contributed by atoms with van der Waals surface area (Å²) in [5.41, 5.74) is 6.26. The number of hydrogen-bond acceptors (Lipinski definition) is 2. The van der Waals surface area contributed by atoms with E-state index in [0.29, 0.717) is 12.1 Å². The maximum Gasteiger partial charge on any atom is 0.129 e. The van der Waals surface area contributed by atoms with Gasteiger partial charge in [-0.2, -0.15) is 0 Å². The van der Waals surface area contributed by atoms with E-state index in [1.165, 1.54) is 12.1 Å². The Morgan fingerprint density at radius 1 is 1.35 bits per heavy atom. The summed E-state index contributed by atoms with van der Waals surface area (Å²) >= 11 is 0. The van der Waals surface area contributed by atoms with Gasteiger partial charge in [0.15, 0.2) is 0 Å². The van der Waals surface area contributed by atoms with E-state index in [1.54, 1.807) is 0 Å². The smallest absolute Gasteiger partial charge is 0.129 e. The second-order valence-corrected chi connectivity index (χ2v) is 4.56. The Balaban J connectivity index is 2.21. The van der Waals surface area contributed by atoms with Gasteiger partial charge in [0.05, 0.1) is 0 Å². The van der Waals surface area contributed by atoms with Crippen LogP contribution in [0.5, 0.6) is 0 Å². The summed E-state index contributed by atoms with van der Waals surface area (Å²) in [7, 11) is 0. The Labute approximate surface area is 100 Å². The normalized spacial score (nSPS) is 22.4. The molecule has 4 heteroatoms. The van der Waals surface area contributed by atoms with Crippen molar-refractivity contribution in [3.05, 3.63) is 35.4 Å². The lowest BCUT2D eigenvalue weighted by Crippen LogP contribution is -2.41. The maximum atomic E-state index is 13.7. The van der Waals surface area contributed by atoms with Gasteiger partial charge in [-0.3, -0.25) is 0 Å². The molecule has 1 aliphatic heterocycles. The highest BCUT2D eigenvalue weighted by Crippen LogP contribution is 2.26. The predicted molar refractivity (Wildman–Crippen MR) is 63.8 cm³/mol. The molecule has 1 aromatic rings. The Morgan fingerprint density at radius 3 is 2.76 bits per heavy atom. The molecule has 2 unspecified atom stereocenters. The molecular weight excluding hydrogens is 222 g/mol. The van der Waals surface area contributed by atoms with Crippen LogP contribution >= 0.6 is 0 Å². The summed E-state index contributed by atoms with van der Waals surface area (Å²) < 4.78 is 26.6. The highest BCUT2D eigenvalue weighted by Gasteiger charge is 2.25. The average molecular weight is 240 g/mol. The standard InChI is InChI=1S/C13H18F2N2/c14-9-4-5-10(12(15)7-9)11(8-16)13-3-1-2-6-17-13/h4-5,7,11,13,17H,1-3,6,8,16H2. The molecule has 94 valence electrons. The van der Waals surface area contributed by atoms with Crippen LogP contribution in [0.2, 0.25) is 0 Å². The highest BCUT2D eigenvalue weighted by atomic mass is 19.1. The first-order valence-electron chi connectivity index (χ1n) is 6.10. The van der Waals surface area contributed by atoms with Gasteiger partial charge in [0.25, 0.3) is 0 Å². The number of halogens is 2. The number of benzene rings is 1. The summed E-state index contributed by atoms with van der Waals surface area (Å²) in [5.74, 6) is -1.11. The van der Waals surface area contributed by atoms with Crippen LogP contribution in [0.1, 0.15) is 30.7 Å². The van der Waals surface area contributed by atoms with Crippen molar-refractivity contribution in [2.45, 2.75) is 31.2 Å². The number of piperidine rings is 1. The van der Waals surface area contributed by atoms with Crippen molar-refractivity contribution >= 4 is 0 Å². The molecule has 0 spiro atoms. The van der Waals surface area contributed by atoms with Crippen LogP contribution in [0.25, 0.3) is 0 Å². The van der Waals surface area contributed by atoms with E-state index in [0.717, 1.165) is 31.9 Å². The van der Waals surface area contributed by atoms with Gasteiger partial charge in [-0.1, -0.05) is 12.5 Å². The first kappa shape index (κ1) is 12.5. The molecule has 1 aliphatic rings. The molecular formula is C13H18F2N2. The van der Waals surface area contributed by atoms with E-state index in [4.69, 9.17) is 5.73 Å². The molecule has 0 saturated carbocycles. The van der Waals surface area contributed by atoms with E-state index < -0.39 is 11.6 Å². The summed E-state index contributed by atoms with van der Waals surface area (Å²) in [6.07, 6.45) is 3.29. The van der Waals surface area contributed by atoms with Crippen LogP contribution in [0.3, 0.4) is 0 Å². The zero-order valence-corrected chi connectivity index (χ0v) is 9.76. The van der Waals surface area contributed by atoms with Crippen molar-refractivity contribution in [1.82, 2.24) is 5.32 Å². The molecule has 0 aromatic heterocycles. The van der Waals surface area contributed by atoms with E-state index in [9.17, 15) is 8.78 Å². The van der Waals surface area contributed by atoms with E-state index in [2.05, 4.69) is 5.32 Å². The molecule has 0 aliphatic carbocycles. The van der Waals surface area contributed by atoms with Gasteiger partial charge in [0.1, 0.15) is 11.6 Å². The van der Waals surface area contributed by atoms with Gasteiger partial charge >= 0.3 is 0 Å². The molecule has 0 bridgehead atoms. The Bertz CT molecular complexity index is 376. The third-order valence-electron chi connectivity index (χ3n) is 3.45. The minimum Gasteiger partial charge on any atom is -0.330 e.